The lowest BCUT2D eigenvalue weighted by molar-refractivity contribution is 0.414. The minimum absolute atomic E-state index is 0.132. The van der Waals surface area contributed by atoms with Crippen molar-refractivity contribution in [1.82, 2.24) is 9.55 Å². The lowest BCUT2D eigenvalue weighted by Gasteiger charge is -2.06. The van der Waals surface area contributed by atoms with Gasteiger partial charge < -0.3 is 14.8 Å². The SMILES string of the molecule is COc1cccc(Cn2c(=O)[nH]c3cc(O)ccc32)c1. The molecule has 2 aromatic carbocycles. The quantitative estimate of drug-likeness (QED) is 0.765. The zero-order chi connectivity index (χ0) is 14.1. The number of benzene rings is 2. The first-order valence-corrected chi connectivity index (χ1v) is 6.22. The summed E-state index contributed by atoms with van der Waals surface area (Å²) in [4.78, 5) is 14.7. The molecule has 0 aliphatic carbocycles. The summed E-state index contributed by atoms with van der Waals surface area (Å²) in [5.74, 6) is 0.889. The van der Waals surface area contributed by atoms with Crippen molar-refractivity contribution in [1.29, 1.82) is 0 Å². The number of imidazole rings is 1. The number of hydrogen-bond acceptors (Lipinski definition) is 3. The number of aromatic amines is 1. The molecule has 0 bridgehead atoms. The molecule has 0 atom stereocenters. The van der Waals surface area contributed by atoms with Crippen LogP contribution < -0.4 is 10.4 Å². The predicted molar refractivity (Wildman–Crippen MR) is 76.3 cm³/mol. The number of phenols is 1. The lowest BCUT2D eigenvalue weighted by atomic mass is 10.2. The highest BCUT2D eigenvalue weighted by molar-refractivity contribution is 5.76. The van der Waals surface area contributed by atoms with E-state index >= 15 is 0 Å². The maximum Gasteiger partial charge on any atom is 0.326 e. The van der Waals surface area contributed by atoms with E-state index in [-0.39, 0.29) is 11.4 Å². The van der Waals surface area contributed by atoms with Crippen molar-refractivity contribution in [3.05, 3.63) is 58.5 Å². The molecule has 0 saturated heterocycles. The molecule has 0 fully saturated rings. The predicted octanol–water partition coefficient (Wildman–Crippen LogP) is 2.09. The van der Waals surface area contributed by atoms with Crippen LogP contribution in [0.2, 0.25) is 0 Å². The fourth-order valence-electron chi connectivity index (χ4n) is 2.26. The maximum atomic E-state index is 12.0. The van der Waals surface area contributed by atoms with Gasteiger partial charge in [-0.25, -0.2) is 4.79 Å². The molecule has 0 spiro atoms. The minimum Gasteiger partial charge on any atom is -0.508 e. The Bertz CT molecular complexity index is 817. The van der Waals surface area contributed by atoms with Gasteiger partial charge in [-0.15, -0.1) is 0 Å². The number of methoxy groups -OCH3 is 1. The number of phenolic OH excluding ortho intramolecular Hbond substituents is 1. The summed E-state index contributed by atoms with van der Waals surface area (Å²) < 4.78 is 6.81. The van der Waals surface area contributed by atoms with Gasteiger partial charge in [0.15, 0.2) is 0 Å². The van der Waals surface area contributed by atoms with Gasteiger partial charge in [-0.05, 0) is 29.8 Å². The van der Waals surface area contributed by atoms with E-state index in [9.17, 15) is 9.90 Å². The van der Waals surface area contributed by atoms with Gasteiger partial charge in [0.1, 0.15) is 11.5 Å². The smallest absolute Gasteiger partial charge is 0.326 e. The first-order valence-electron chi connectivity index (χ1n) is 6.22. The van der Waals surface area contributed by atoms with Crippen molar-refractivity contribution in [2.45, 2.75) is 6.54 Å². The van der Waals surface area contributed by atoms with Crippen molar-refractivity contribution in [3.8, 4) is 11.5 Å². The van der Waals surface area contributed by atoms with E-state index in [0.717, 1.165) is 16.8 Å². The second-order valence-electron chi connectivity index (χ2n) is 4.57. The average Bonchev–Trinajstić information content (AvgIpc) is 2.74. The monoisotopic (exact) mass is 270 g/mol. The largest absolute Gasteiger partial charge is 0.508 e. The summed E-state index contributed by atoms with van der Waals surface area (Å²) in [5, 5.41) is 9.44. The first kappa shape index (κ1) is 12.3. The van der Waals surface area contributed by atoms with Crippen LogP contribution in [-0.2, 0) is 6.54 Å². The second kappa shape index (κ2) is 4.77. The average molecular weight is 270 g/mol. The number of nitrogens with one attached hydrogen (secondary N) is 1. The molecule has 1 heterocycles. The molecule has 2 N–H and O–H groups in total. The summed E-state index contributed by atoms with van der Waals surface area (Å²) in [6.45, 7) is 0.445. The zero-order valence-corrected chi connectivity index (χ0v) is 11.0. The van der Waals surface area contributed by atoms with E-state index in [1.165, 1.54) is 0 Å². The fourth-order valence-corrected chi connectivity index (χ4v) is 2.26. The minimum atomic E-state index is -0.201. The fraction of sp³-hybridized carbons (Fsp3) is 0.133. The molecule has 0 unspecified atom stereocenters. The lowest BCUT2D eigenvalue weighted by Crippen LogP contribution is -2.17. The standard InChI is InChI=1S/C15H14N2O3/c1-20-12-4-2-3-10(7-12)9-17-14-6-5-11(18)8-13(14)16-15(17)19/h2-8,18H,9H2,1H3,(H,16,19). The summed E-state index contributed by atoms with van der Waals surface area (Å²) in [7, 11) is 1.61. The van der Waals surface area contributed by atoms with Crippen LogP contribution in [0.5, 0.6) is 11.5 Å². The third-order valence-electron chi connectivity index (χ3n) is 3.23. The van der Waals surface area contributed by atoms with Crippen LogP contribution in [0.25, 0.3) is 11.0 Å². The second-order valence-corrected chi connectivity index (χ2v) is 4.57. The first-order chi connectivity index (χ1) is 9.67. The number of aromatic hydroxyl groups is 1. The highest BCUT2D eigenvalue weighted by Gasteiger charge is 2.08. The van der Waals surface area contributed by atoms with Crippen molar-refractivity contribution >= 4 is 11.0 Å². The summed E-state index contributed by atoms with van der Waals surface area (Å²) >= 11 is 0. The van der Waals surface area contributed by atoms with Crippen molar-refractivity contribution in [3.63, 3.8) is 0 Å². The molecule has 20 heavy (non-hydrogen) atoms. The van der Waals surface area contributed by atoms with Crippen molar-refractivity contribution in [2.75, 3.05) is 7.11 Å². The van der Waals surface area contributed by atoms with Crippen LogP contribution >= 0.6 is 0 Å². The highest BCUT2D eigenvalue weighted by atomic mass is 16.5. The third kappa shape index (κ3) is 2.14. The summed E-state index contributed by atoms with van der Waals surface area (Å²) in [6.07, 6.45) is 0. The Morgan fingerprint density at radius 3 is 2.90 bits per heavy atom. The van der Waals surface area contributed by atoms with Crippen molar-refractivity contribution in [2.24, 2.45) is 0 Å². The Labute approximate surface area is 115 Å². The Hall–Kier alpha value is -2.69. The zero-order valence-electron chi connectivity index (χ0n) is 11.0. The number of aromatic nitrogens is 2. The normalized spacial score (nSPS) is 10.8. The summed E-state index contributed by atoms with van der Waals surface area (Å²) in [5.41, 5.74) is 2.15. The molecule has 0 radical (unpaired) electrons. The van der Waals surface area contributed by atoms with Crippen LogP contribution in [0.3, 0.4) is 0 Å². The molecule has 5 heteroatoms. The molecule has 3 rings (SSSR count). The van der Waals surface area contributed by atoms with Crippen LogP contribution in [0, 0.1) is 0 Å². The topological polar surface area (TPSA) is 67.2 Å². The highest BCUT2D eigenvalue weighted by Crippen LogP contribution is 2.19. The van der Waals surface area contributed by atoms with Gasteiger partial charge in [-0.1, -0.05) is 12.1 Å². The van der Waals surface area contributed by atoms with Gasteiger partial charge >= 0.3 is 5.69 Å². The number of rotatable bonds is 3. The molecular weight excluding hydrogens is 256 g/mol. The number of fused-ring (bicyclic) bond motifs is 1. The van der Waals surface area contributed by atoms with Gasteiger partial charge in [0.05, 0.1) is 24.7 Å². The molecule has 102 valence electrons. The van der Waals surface area contributed by atoms with Gasteiger partial charge in [0, 0.05) is 6.07 Å². The van der Waals surface area contributed by atoms with Gasteiger partial charge in [-0.2, -0.15) is 0 Å². The third-order valence-corrected chi connectivity index (χ3v) is 3.23. The molecule has 0 amide bonds. The van der Waals surface area contributed by atoms with E-state index in [1.54, 1.807) is 29.9 Å². The van der Waals surface area contributed by atoms with Crippen LogP contribution in [0.15, 0.2) is 47.3 Å². The van der Waals surface area contributed by atoms with E-state index in [0.29, 0.717) is 12.1 Å². The molecule has 3 aromatic rings. The molecular formula is C15H14N2O3. The van der Waals surface area contributed by atoms with Gasteiger partial charge in [0.25, 0.3) is 0 Å². The Kier molecular flexibility index (Phi) is 2.95. The van der Waals surface area contributed by atoms with Crippen LogP contribution in [0.1, 0.15) is 5.56 Å². The number of ether oxygens (including phenoxy) is 1. The Balaban J connectivity index is 2.06. The molecule has 0 saturated carbocycles. The molecule has 0 aliphatic heterocycles. The van der Waals surface area contributed by atoms with Gasteiger partial charge in [0.2, 0.25) is 0 Å². The molecule has 5 nitrogen and oxygen atoms in total. The number of hydrogen-bond donors (Lipinski definition) is 2. The number of nitrogens with zero attached hydrogens (tertiary/aromatic N) is 1. The van der Waals surface area contributed by atoms with Gasteiger partial charge in [-0.3, -0.25) is 4.57 Å². The van der Waals surface area contributed by atoms with Crippen LogP contribution in [-0.4, -0.2) is 21.8 Å². The maximum absolute atomic E-state index is 12.0. The van der Waals surface area contributed by atoms with E-state index in [4.69, 9.17) is 4.74 Å². The van der Waals surface area contributed by atoms with E-state index < -0.39 is 0 Å². The Morgan fingerprint density at radius 1 is 1.25 bits per heavy atom. The van der Waals surface area contributed by atoms with Crippen LogP contribution in [0.4, 0.5) is 0 Å². The van der Waals surface area contributed by atoms with E-state index in [1.807, 2.05) is 24.3 Å². The molecule has 0 aliphatic rings. The number of H-pyrrole nitrogens is 1. The summed E-state index contributed by atoms with van der Waals surface area (Å²) in [6, 6.07) is 12.4. The Morgan fingerprint density at radius 2 is 2.10 bits per heavy atom. The van der Waals surface area contributed by atoms with Crippen molar-refractivity contribution < 1.29 is 9.84 Å². The molecule has 1 aromatic heterocycles. The van der Waals surface area contributed by atoms with E-state index in [2.05, 4.69) is 4.98 Å².